The molecule has 1 aromatic rings. The van der Waals surface area contributed by atoms with Crippen LogP contribution in [0.5, 0.6) is 5.75 Å². The monoisotopic (exact) mass is 360 g/mol. The number of nitrogens with zero attached hydrogens (tertiary/aromatic N) is 3. The van der Waals surface area contributed by atoms with Gasteiger partial charge >= 0.3 is 0 Å². The lowest BCUT2D eigenvalue weighted by Gasteiger charge is -2.44. The van der Waals surface area contributed by atoms with Gasteiger partial charge in [0, 0.05) is 45.3 Å². The van der Waals surface area contributed by atoms with E-state index in [4.69, 9.17) is 10.5 Å². The van der Waals surface area contributed by atoms with Crippen molar-refractivity contribution in [1.82, 2.24) is 9.80 Å². The molecule has 1 aromatic carbocycles. The van der Waals surface area contributed by atoms with Crippen LogP contribution >= 0.6 is 0 Å². The van der Waals surface area contributed by atoms with E-state index in [1.807, 2.05) is 17.0 Å². The summed E-state index contributed by atoms with van der Waals surface area (Å²) in [5, 5.41) is 0. The Morgan fingerprint density at radius 1 is 1.15 bits per heavy atom. The first-order valence-corrected chi connectivity index (χ1v) is 9.60. The summed E-state index contributed by atoms with van der Waals surface area (Å²) in [5.74, 6) is 0.996. The van der Waals surface area contributed by atoms with Crippen LogP contribution in [0.4, 0.5) is 5.69 Å². The molecule has 2 fully saturated rings. The Balaban J connectivity index is 1.58. The normalized spacial score (nSPS) is 22.4. The summed E-state index contributed by atoms with van der Waals surface area (Å²) < 4.78 is 5.50. The summed E-state index contributed by atoms with van der Waals surface area (Å²) >= 11 is 0. The smallest absolute Gasteiger partial charge is 0.242 e. The molecule has 0 saturated carbocycles. The third-order valence-electron chi connectivity index (χ3n) is 5.49. The van der Waals surface area contributed by atoms with Crippen molar-refractivity contribution in [2.75, 3.05) is 51.3 Å². The highest BCUT2D eigenvalue weighted by Gasteiger charge is 2.34. The molecular formula is C20H32N4O2. The molecule has 2 heterocycles. The lowest BCUT2D eigenvalue weighted by molar-refractivity contribution is -0.138. The Morgan fingerprint density at radius 2 is 1.85 bits per heavy atom. The number of ether oxygens (including phenoxy) is 1. The number of benzene rings is 1. The Bertz CT molecular complexity index is 620. The lowest BCUT2D eigenvalue weighted by atomic mass is 9.99. The molecule has 0 unspecified atom stereocenters. The van der Waals surface area contributed by atoms with Crippen molar-refractivity contribution in [2.24, 2.45) is 5.73 Å². The predicted octanol–water partition coefficient (Wildman–Crippen LogP) is 1.55. The van der Waals surface area contributed by atoms with Gasteiger partial charge in [-0.15, -0.1) is 0 Å². The van der Waals surface area contributed by atoms with Gasteiger partial charge in [0.15, 0.2) is 0 Å². The van der Waals surface area contributed by atoms with Gasteiger partial charge in [-0.2, -0.15) is 0 Å². The summed E-state index contributed by atoms with van der Waals surface area (Å²) in [6.07, 6.45) is 2.21. The molecular weight excluding hydrogens is 328 g/mol. The van der Waals surface area contributed by atoms with Gasteiger partial charge in [-0.1, -0.05) is 12.1 Å². The molecule has 2 aliphatic heterocycles. The van der Waals surface area contributed by atoms with Crippen LogP contribution < -0.4 is 15.4 Å². The number of hydrogen-bond donors (Lipinski definition) is 1. The van der Waals surface area contributed by atoms with E-state index in [1.54, 1.807) is 21.0 Å². The number of anilines is 1. The van der Waals surface area contributed by atoms with Gasteiger partial charge in [0.05, 0.1) is 18.3 Å². The fourth-order valence-corrected chi connectivity index (χ4v) is 4.06. The molecule has 6 heteroatoms. The number of methoxy groups -OCH3 is 1. The molecule has 144 valence electrons. The minimum absolute atomic E-state index is 0.0647. The van der Waals surface area contributed by atoms with Crippen molar-refractivity contribution in [2.45, 2.75) is 38.3 Å². The average Bonchev–Trinajstić information content (AvgIpc) is 2.67. The number of hydrogen-bond acceptors (Lipinski definition) is 5. The highest BCUT2D eigenvalue weighted by molar-refractivity contribution is 5.85. The Kier molecular flexibility index (Phi) is 5.73. The first-order valence-electron chi connectivity index (χ1n) is 9.60. The Hall–Kier alpha value is -1.79. The highest BCUT2D eigenvalue weighted by atomic mass is 16.5. The predicted molar refractivity (Wildman–Crippen MR) is 105 cm³/mol. The molecule has 0 radical (unpaired) electrons. The van der Waals surface area contributed by atoms with Crippen molar-refractivity contribution in [3.63, 3.8) is 0 Å². The minimum Gasteiger partial charge on any atom is -0.495 e. The zero-order valence-electron chi connectivity index (χ0n) is 16.3. The van der Waals surface area contributed by atoms with Crippen molar-refractivity contribution in [3.8, 4) is 5.75 Å². The number of para-hydroxylation sites is 2. The van der Waals surface area contributed by atoms with Gasteiger partial charge in [-0.05, 0) is 38.8 Å². The van der Waals surface area contributed by atoms with E-state index < -0.39 is 5.54 Å². The van der Waals surface area contributed by atoms with Crippen LogP contribution in [0.1, 0.15) is 26.7 Å². The van der Waals surface area contributed by atoms with Gasteiger partial charge in [-0.25, -0.2) is 0 Å². The number of carbonyl (C=O) groups is 1. The largest absolute Gasteiger partial charge is 0.495 e. The summed E-state index contributed by atoms with van der Waals surface area (Å²) in [6.45, 7) is 9.20. The molecule has 1 atom stereocenters. The lowest BCUT2D eigenvalue weighted by Crippen LogP contribution is -2.59. The number of likely N-dealkylation sites (tertiary alicyclic amines) is 1. The molecule has 6 nitrogen and oxygen atoms in total. The van der Waals surface area contributed by atoms with Crippen LogP contribution in [0.25, 0.3) is 0 Å². The van der Waals surface area contributed by atoms with Crippen LogP contribution in [0.3, 0.4) is 0 Å². The Morgan fingerprint density at radius 3 is 2.50 bits per heavy atom. The van der Waals surface area contributed by atoms with Gasteiger partial charge < -0.3 is 20.3 Å². The second kappa shape index (κ2) is 7.84. The zero-order valence-corrected chi connectivity index (χ0v) is 16.3. The zero-order chi connectivity index (χ0) is 18.7. The van der Waals surface area contributed by atoms with Gasteiger partial charge in [0.25, 0.3) is 0 Å². The molecule has 3 rings (SSSR count). The number of piperazine rings is 1. The number of rotatable bonds is 4. The van der Waals surface area contributed by atoms with Crippen LogP contribution in [0.2, 0.25) is 0 Å². The second-order valence-electron chi connectivity index (χ2n) is 7.96. The van der Waals surface area contributed by atoms with E-state index in [9.17, 15) is 4.79 Å². The molecule has 2 aliphatic rings. The van der Waals surface area contributed by atoms with Gasteiger partial charge in [0.2, 0.25) is 5.91 Å². The standard InChI is InChI=1S/C20H32N4O2/c1-20(2,21)19(25)24-10-6-7-16(15-24)22-11-13-23(14-12-22)17-8-4-5-9-18(17)26-3/h4-5,8-9,16H,6-7,10-15,21H2,1-3H3/t16-/m0/s1. The number of amides is 1. The van der Waals surface area contributed by atoms with Crippen molar-refractivity contribution in [1.29, 1.82) is 0 Å². The highest BCUT2D eigenvalue weighted by Crippen LogP contribution is 2.29. The van der Waals surface area contributed by atoms with Crippen molar-refractivity contribution in [3.05, 3.63) is 24.3 Å². The van der Waals surface area contributed by atoms with E-state index in [0.717, 1.165) is 57.9 Å². The number of carbonyl (C=O) groups excluding carboxylic acids is 1. The quantitative estimate of drug-likeness (QED) is 0.883. The maximum Gasteiger partial charge on any atom is 0.242 e. The SMILES string of the molecule is COc1ccccc1N1CCN([C@H]2CCCN(C(=O)C(C)(C)N)C2)CC1. The summed E-state index contributed by atoms with van der Waals surface area (Å²) in [4.78, 5) is 19.4. The van der Waals surface area contributed by atoms with Gasteiger partial charge in [-0.3, -0.25) is 9.69 Å². The molecule has 26 heavy (non-hydrogen) atoms. The van der Waals surface area contributed by atoms with Crippen LogP contribution in [0, 0.1) is 0 Å². The Labute approximate surface area is 156 Å². The van der Waals surface area contributed by atoms with Crippen molar-refractivity contribution >= 4 is 11.6 Å². The maximum absolute atomic E-state index is 12.5. The fourth-order valence-electron chi connectivity index (χ4n) is 4.06. The third-order valence-corrected chi connectivity index (χ3v) is 5.49. The number of piperidine rings is 1. The van der Waals surface area contributed by atoms with E-state index >= 15 is 0 Å². The molecule has 1 amide bonds. The van der Waals surface area contributed by atoms with E-state index in [2.05, 4.69) is 21.9 Å². The average molecular weight is 361 g/mol. The summed E-state index contributed by atoms with van der Waals surface area (Å²) in [7, 11) is 1.72. The molecule has 0 aromatic heterocycles. The molecule has 0 aliphatic carbocycles. The van der Waals surface area contributed by atoms with Gasteiger partial charge in [0.1, 0.15) is 5.75 Å². The first-order chi connectivity index (χ1) is 12.4. The topological polar surface area (TPSA) is 62.0 Å². The molecule has 2 N–H and O–H groups in total. The minimum atomic E-state index is -0.787. The van der Waals surface area contributed by atoms with E-state index in [-0.39, 0.29) is 5.91 Å². The maximum atomic E-state index is 12.5. The molecule has 0 spiro atoms. The van der Waals surface area contributed by atoms with Crippen LogP contribution in [-0.4, -0.2) is 73.7 Å². The number of nitrogens with two attached hydrogens (primary N) is 1. The molecule has 2 saturated heterocycles. The second-order valence-corrected chi connectivity index (χ2v) is 7.96. The van der Waals surface area contributed by atoms with Crippen LogP contribution in [0.15, 0.2) is 24.3 Å². The first kappa shape index (κ1) is 19.0. The third kappa shape index (κ3) is 4.13. The fraction of sp³-hybridized carbons (Fsp3) is 0.650. The summed E-state index contributed by atoms with van der Waals surface area (Å²) in [6, 6.07) is 8.64. The summed E-state index contributed by atoms with van der Waals surface area (Å²) in [5.41, 5.74) is 6.40. The van der Waals surface area contributed by atoms with Crippen molar-refractivity contribution < 1.29 is 9.53 Å². The van der Waals surface area contributed by atoms with E-state index in [0.29, 0.717) is 6.04 Å². The van der Waals surface area contributed by atoms with E-state index in [1.165, 1.54) is 5.69 Å². The molecule has 0 bridgehead atoms. The van der Waals surface area contributed by atoms with Crippen LogP contribution in [-0.2, 0) is 4.79 Å².